The molecule has 2 heterocycles. The Balaban J connectivity index is 1.95. The van der Waals surface area contributed by atoms with E-state index in [1.54, 1.807) is 4.90 Å². The molecule has 0 radical (unpaired) electrons. The minimum Gasteiger partial charge on any atom is -0.549 e. The third-order valence-electron chi connectivity index (χ3n) is 6.60. The molecule has 0 spiro atoms. The van der Waals surface area contributed by atoms with Gasteiger partial charge in [-0.15, -0.1) is 0 Å². The number of nitrogens with zero attached hydrogens (tertiary/aromatic N) is 4. The van der Waals surface area contributed by atoms with E-state index in [0.717, 1.165) is 0 Å². The van der Waals surface area contributed by atoms with Gasteiger partial charge < -0.3 is 60.4 Å². The molecule has 0 aromatic heterocycles. The van der Waals surface area contributed by atoms with Gasteiger partial charge in [-0.25, -0.2) is 4.79 Å². The predicted octanol–water partition coefficient (Wildman–Crippen LogP) is -8.70. The van der Waals surface area contributed by atoms with Crippen molar-refractivity contribution in [1.82, 2.24) is 30.2 Å². The first-order valence-electron chi connectivity index (χ1n) is 13.3. The van der Waals surface area contributed by atoms with Crippen LogP contribution >= 0.6 is 0 Å². The Hall–Kier alpha value is -4.04. The number of rotatable bonds is 13. The molecule has 43 heavy (non-hydrogen) atoms. The Morgan fingerprint density at radius 2 is 1.12 bits per heavy atom. The van der Waals surface area contributed by atoms with Gasteiger partial charge in [0.05, 0.1) is 31.0 Å². The van der Waals surface area contributed by atoms with E-state index in [1.807, 2.05) is 0 Å². The maximum absolute atomic E-state index is 12.6. The van der Waals surface area contributed by atoms with Crippen molar-refractivity contribution in [2.75, 3.05) is 91.6 Å². The van der Waals surface area contributed by atoms with Crippen molar-refractivity contribution in [2.45, 2.75) is 12.2 Å². The first kappa shape index (κ1) is 35.2. The third-order valence-corrected chi connectivity index (χ3v) is 6.60. The van der Waals surface area contributed by atoms with Crippen LogP contribution in [0.3, 0.4) is 0 Å². The number of carbonyl (C=O) groups is 6. The molecule has 0 saturated carbocycles. The molecular weight excluding hydrogens is 580 g/mol. The summed E-state index contributed by atoms with van der Waals surface area (Å²) >= 11 is 0. The molecule has 2 aliphatic rings. The summed E-state index contributed by atoms with van der Waals surface area (Å²) in [5.41, 5.74) is 0. The van der Waals surface area contributed by atoms with E-state index in [1.165, 1.54) is 14.7 Å². The summed E-state index contributed by atoms with van der Waals surface area (Å²) in [6.07, 6.45) is -3.15. The minimum absolute atomic E-state index is 0.140. The number of aliphatic hydroxyl groups excluding tert-OH is 3. The van der Waals surface area contributed by atoms with Crippen LogP contribution in [0.2, 0.25) is 0 Å². The van der Waals surface area contributed by atoms with Crippen molar-refractivity contribution >= 4 is 35.7 Å². The topological polar surface area (TPSA) is 279 Å². The van der Waals surface area contributed by atoms with Crippen LogP contribution in [0, 0.1) is 0 Å². The molecule has 1 fully saturated rings. The summed E-state index contributed by atoms with van der Waals surface area (Å²) < 4.78 is 4.59. The molecule has 2 atom stereocenters. The molecule has 2 amide bonds. The van der Waals surface area contributed by atoms with Gasteiger partial charge in [0.1, 0.15) is 6.10 Å². The van der Waals surface area contributed by atoms with Crippen LogP contribution in [0.5, 0.6) is 0 Å². The highest BCUT2D eigenvalue weighted by molar-refractivity contribution is 5.89. The number of esters is 1. The number of hydrogen-bond donors (Lipinski definition) is 5. The van der Waals surface area contributed by atoms with Crippen LogP contribution in [0.15, 0.2) is 11.5 Å². The molecule has 2 rings (SSSR count). The lowest BCUT2D eigenvalue weighted by molar-refractivity contribution is -0.308. The number of aliphatic hydroxyl groups is 3. The lowest BCUT2D eigenvalue weighted by Gasteiger charge is -2.34. The number of carboxylic acid groups (broad SMARTS) is 3. The lowest BCUT2D eigenvalue weighted by atomic mass is 10.1. The van der Waals surface area contributed by atoms with E-state index in [0.29, 0.717) is 0 Å². The zero-order valence-corrected chi connectivity index (χ0v) is 23.3. The van der Waals surface area contributed by atoms with Crippen molar-refractivity contribution in [3.05, 3.63) is 11.5 Å². The van der Waals surface area contributed by atoms with Gasteiger partial charge in [-0.05, 0) is 0 Å². The number of cyclic esters (lactones) is 1. The second-order valence-corrected chi connectivity index (χ2v) is 9.93. The van der Waals surface area contributed by atoms with Crippen LogP contribution in [0.4, 0.5) is 0 Å². The summed E-state index contributed by atoms with van der Waals surface area (Å²) in [6.45, 7) is -1.43. The largest absolute Gasteiger partial charge is 0.549 e. The fourth-order valence-electron chi connectivity index (χ4n) is 4.31. The molecule has 1 saturated heterocycles. The van der Waals surface area contributed by atoms with E-state index < -0.39 is 92.1 Å². The van der Waals surface area contributed by atoms with E-state index in [4.69, 9.17) is 0 Å². The lowest BCUT2D eigenvalue weighted by Crippen LogP contribution is -2.52. The molecule has 0 aromatic rings. The van der Waals surface area contributed by atoms with Gasteiger partial charge in [0.2, 0.25) is 17.6 Å². The summed E-state index contributed by atoms with van der Waals surface area (Å²) in [7, 11) is 0. The van der Waals surface area contributed by atoms with Crippen LogP contribution in [-0.2, 0) is 33.5 Å². The van der Waals surface area contributed by atoms with Crippen molar-refractivity contribution in [1.29, 1.82) is 0 Å². The van der Waals surface area contributed by atoms with Crippen molar-refractivity contribution in [3.8, 4) is 0 Å². The number of aliphatic carboxylic acids is 3. The van der Waals surface area contributed by atoms with Gasteiger partial charge in [0.25, 0.3) is 0 Å². The smallest absolute Gasteiger partial charge is 0.377 e. The number of ether oxygens (including phenoxy) is 1. The van der Waals surface area contributed by atoms with Gasteiger partial charge in [0.15, 0.2) is 11.9 Å². The van der Waals surface area contributed by atoms with Crippen LogP contribution in [-0.4, -0.2) is 174 Å². The maximum Gasteiger partial charge on any atom is 0.377 e. The Labute approximate surface area is 245 Å². The van der Waals surface area contributed by atoms with E-state index >= 15 is 0 Å². The van der Waals surface area contributed by atoms with E-state index in [9.17, 15) is 59.4 Å². The summed E-state index contributed by atoms with van der Waals surface area (Å²) in [6, 6.07) is 0. The SMILES string of the molecule is O=C([O-])CN1CCN(CC(=O)[O-])CCN(CC(=O)NCC(=O)NCC(O)C2OC(=O)C(O)=C2O)CCN(CC(=O)[O-])CC1. The molecule has 0 aromatic carbocycles. The first-order valence-corrected chi connectivity index (χ1v) is 13.3. The number of amides is 2. The number of carboxylic acids is 3. The van der Waals surface area contributed by atoms with Crippen molar-refractivity contribution in [2.24, 2.45) is 0 Å². The van der Waals surface area contributed by atoms with Crippen LogP contribution < -0.4 is 26.0 Å². The van der Waals surface area contributed by atoms with Crippen LogP contribution in [0.25, 0.3) is 0 Å². The molecule has 19 nitrogen and oxygen atoms in total. The monoisotopic (exact) mass is 615 g/mol. The van der Waals surface area contributed by atoms with Gasteiger partial charge in [-0.2, -0.15) is 0 Å². The van der Waals surface area contributed by atoms with Gasteiger partial charge in [-0.1, -0.05) is 0 Å². The highest BCUT2D eigenvalue weighted by atomic mass is 16.6. The third kappa shape index (κ3) is 12.8. The average molecular weight is 616 g/mol. The fourth-order valence-corrected chi connectivity index (χ4v) is 4.31. The Morgan fingerprint density at radius 3 is 1.47 bits per heavy atom. The Kier molecular flexibility index (Phi) is 14.0. The molecule has 2 aliphatic heterocycles. The van der Waals surface area contributed by atoms with Crippen molar-refractivity contribution in [3.63, 3.8) is 0 Å². The number of nitrogens with one attached hydrogen (secondary N) is 2. The van der Waals surface area contributed by atoms with Gasteiger partial charge in [-0.3, -0.25) is 29.2 Å². The second-order valence-electron chi connectivity index (χ2n) is 9.93. The first-order chi connectivity index (χ1) is 20.2. The Bertz CT molecular complexity index is 1040. The van der Waals surface area contributed by atoms with E-state index in [-0.39, 0.29) is 58.9 Å². The highest BCUT2D eigenvalue weighted by Gasteiger charge is 2.39. The van der Waals surface area contributed by atoms with E-state index in [2.05, 4.69) is 15.4 Å². The highest BCUT2D eigenvalue weighted by Crippen LogP contribution is 2.21. The molecule has 242 valence electrons. The fraction of sp³-hybridized carbons (Fsp3) is 0.667. The summed E-state index contributed by atoms with van der Waals surface area (Å²) in [5.74, 6) is -8.55. The zero-order chi connectivity index (χ0) is 32.1. The molecule has 0 bridgehead atoms. The van der Waals surface area contributed by atoms with Gasteiger partial charge in [0, 0.05) is 78.5 Å². The predicted molar refractivity (Wildman–Crippen MR) is 135 cm³/mol. The summed E-state index contributed by atoms with van der Waals surface area (Å²) in [4.78, 5) is 75.8. The average Bonchev–Trinajstić information content (AvgIpc) is 3.18. The number of carbonyl (C=O) groups excluding carboxylic acids is 6. The minimum atomic E-state index is -1.59. The zero-order valence-electron chi connectivity index (χ0n) is 23.3. The Morgan fingerprint density at radius 1 is 0.721 bits per heavy atom. The molecule has 2 unspecified atom stereocenters. The van der Waals surface area contributed by atoms with Crippen LogP contribution in [0.1, 0.15) is 0 Å². The molecule has 5 N–H and O–H groups in total. The van der Waals surface area contributed by atoms with Gasteiger partial charge >= 0.3 is 5.97 Å². The molecule has 0 aliphatic carbocycles. The maximum atomic E-state index is 12.6. The second kappa shape index (κ2) is 17.2. The quantitative estimate of drug-likeness (QED) is 0.120. The molecule has 19 heteroatoms. The number of hydrogen-bond acceptors (Lipinski definition) is 17. The standard InChI is InChI=1S/C24H38N6O13/c31-15(23-21(40)22(41)24(42)43-23)9-25-16(32)10-26-17(33)11-27-1-3-28(12-18(34)35)5-7-30(14-20(38)39)8-6-29(4-2-27)13-19(36)37/h15,23,31,40-41H,1-14H2,(H,25,32)(H,26,33)(H,34,35)(H,36,37)(H,38,39)/p-3. The molecular formula is C24H35N6O13-3. The van der Waals surface area contributed by atoms with Crippen molar-refractivity contribution < 1.29 is 64.1 Å². The normalized spacial score (nSPS) is 20.9. The summed E-state index contributed by atoms with van der Waals surface area (Å²) in [5, 5.41) is 67.2.